The Morgan fingerprint density at radius 3 is 1.75 bits per heavy atom. The van der Waals surface area contributed by atoms with Gasteiger partial charge in [-0.2, -0.15) is 0 Å². The second kappa shape index (κ2) is 9.23. The molecule has 3 aromatic carbocycles. The van der Waals surface area contributed by atoms with Gasteiger partial charge in [0.2, 0.25) is 5.91 Å². The molecule has 6 heteroatoms. The number of carbonyl (C=O) groups excluding carboxylic acids is 2. The van der Waals surface area contributed by atoms with E-state index in [0.717, 1.165) is 11.3 Å². The number of urea groups is 1. The van der Waals surface area contributed by atoms with Crippen LogP contribution in [-0.4, -0.2) is 11.9 Å². The van der Waals surface area contributed by atoms with E-state index in [0.29, 0.717) is 23.7 Å². The van der Waals surface area contributed by atoms with Crippen molar-refractivity contribution in [3.63, 3.8) is 0 Å². The average molecular weight is 375 g/mol. The van der Waals surface area contributed by atoms with Crippen molar-refractivity contribution in [2.75, 3.05) is 16.0 Å². The van der Waals surface area contributed by atoms with Gasteiger partial charge in [0.05, 0.1) is 0 Å². The number of carbonyl (C=O) groups is 2. The maximum atomic E-state index is 12.1. The molecular weight excluding hydrogens is 354 g/mol. The molecular formula is C22H21N3O3. The molecule has 0 saturated carbocycles. The Morgan fingerprint density at radius 1 is 0.714 bits per heavy atom. The van der Waals surface area contributed by atoms with Gasteiger partial charge < -0.3 is 20.7 Å². The Kier molecular flexibility index (Phi) is 6.25. The Morgan fingerprint density at radius 2 is 1.21 bits per heavy atom. The summed E-state index contributed by atoms with van der Waals surface area (Å²) in [6, 6.07) is 23.6. The van der Waals surface area contributed by atoms with Crippen LogP contribution >= 0.6 is 0 Å². The summed E-state index contributed by atoms with van der Waals surface area (Å²) in [6.45, 7) is 1.93. The van der Waals surface area contributed by atoms with Gasteiger partial charge in [-0.05, 0) is 54.1 Å². The number of anilines is 3. The van der Waals surface area contributed by atoms with Gasteiger partial charge in [0, 0.05) is 24.0 Å². The molecule has 0 unspecified atom stereocenters. The molecule has 142 valence electrons. The molecule has 0 atom stereocenters. The van der Waals surface area contributed by atoms with Crippen LogP contribution in [-0.2, 0) is 11.4 Å². The van der Waals surface area contributed by atoms with Crippen LogP contribution in [0.3, 0.4) is 0 Å². The van der Waals surface area contributed by atoms with Gasteiger partial charge in [0.25, 0.3) is 0 Å². The third-order valence-electron chi connectivity index (χ3n) is 3.82. The lowest BCUT2D eigenvalue weighted by molar-refractivity contribution is -0.114. The predicted octanol–water partition coefficient (Wildman–Crippen LogP) is 4.87. The van der Waals surface area contributed by atoms with Gasteiger partial charge in [0.15, 0.2) is 0 Å². The summed E-state index contributed by atoms with van der Waals surface area (Å²) in [7, 11) is 0. The van der Waals surface area contributed by atoms with Crippen molar-refractivity contribution < 1.29 is 14.3 Å². The lowest BCUT2D eigenvalue weighted by Gasteiger charge is -2.10. The minimum absolute atomic E-state index is 0.144. The molecule has 0 spiro atoms. The molecule has 3 rings (SSSR count). The lowest BCUT2D eigenvalue weighted by Crippen LogP contribution is -2.19. The maximum absolute atomic E-state index is 12.1. The molecule has 0 aliphatic carbocycles. The Labute approximate surface area is 163 Å². The van der Waals surface area contributed by atoms with Gasteiger partial charge in [-0.3, -0.25) is 4.79 Å². The lowest BCUT2D eigenvalue weighted by atomic mass is 10.2. The van der Waals surface area contributed by atoms with Crippen molar-refractivity contribution >= 4 is 29.0 Å². The molecule has 3 N–H and O–H groups in total. The van der Waals surface area contributed by atoms with Crippen LogP contribution in [0.5, 0.6) is 5.75 Å². The van der Waals surface area contributed by atoms with Crippen LogP contribution in [0.15, 0.2) is 78.9 Å². The second-order valence-corrected chi connectivity index (χ2v) is 6.14. The summed E-state index contributed by atoms with van der Waals surface area (Å²) in [4.78, 5) is 23.1. The second-order valence-electron chi connectivity index (χ2n) is 6.14. The third-order valence-corrected chi connectivity index (χ3v) is 3.82. The topological polar surface area (TPSA) is 79.5 Å². The molecule has 0 radical (unpaired) electrons. The van der Waals surface area contributed by atoms with Crippen molar-refractivity contribution in [3.8, 4) is 5.75 Å². The summed E-state index contributed by atoms with van der Waals surface area (Å²) in [5.74, 6) is 0.581. The number of nitrogens with one attached hydrogen (secondary N) is 3. The van der Waals surface area contributed by atoms with E-state index in [1.54, 1.807) is 48.5 Å². The van der Waals surface area contributed by atoms with E-state index in [1.165, 1.54) is 6.92 Å². The van der Waals surface area contributed by atoms with E-state index in [2.05, 4.69) is 16.0 Å². The monoisotopic (exact) mass is 375 g/mol. The molecule has 3 aromatic rings. The molecule has 3 amide bonds. The van der Waals surface area contributed by atoms with Crippen LogP contribution in [0.4, 0.5) is 21.9 Å². The van der Waals surface area contributed by atoms with Crippen molar-refractivity contribution in [3.05, 3.63) is 84.4 Å². The van der Waals surface area contributed by atoms with Crippen LogP contribution in [0.2, 0.25) is 0 Å². The SMILES string of the molecule is CC(=O)Nc1ccc(NC(=O)Nc2ccc(OCc3ccccc3)cc2)cc1. The number of rotatable bonds is 6. The first kappa shape index (κ1) is 19.0. The normalized spacial score (nSPS) is 10.0. The van der Waals surface area contributed by atoms with Crippen LogP contribution in [0, 0.1) is 0 Å². The van der Waals surface area contributed by atoms with Gasteiger partial charge >= 0.3 is 6.03 Å². The zero-order valence-electron chi connectivity index (χ0n) is 15.4. The standard InChI is InChI=1S/C22H21N3O3/c1-16(26)23-18-7-9-19(10-8-18)24-22(27)25-20-11-13-21(14-12-20)28-15-17-5-3-2-4-6-17/h2-14H,15H2,1H3,(H,23,26)(H2,24,25,27). The van der Waals surface area contributed by atoms with Crippen LogP contribution < -0.4 is 20.7 Å². The van der Waals surface area contributed by atoms with E-state index in [9.17, 15) is 9.59 Å². The first-order chi connectivity index (χ1) is 13.6. The largest absolute Gasteiger partial charge is 0.489 e. The minimum atomic E-state index is -0.356. The minimum Gasteiger partial charge on any atom is -0.489 e. The molecule has 0 aliphatic heterocycles. The van der Waals surface area contributed by atoms with Gasteiger partial charge in [-0.15, -0.1) is 0 Å². The fraction of sp³-hybridized carbons (Fsp3) is 0.0909. The fourth-order valence-corrected chi connectivity index (χ4v) is 2.51. The van der Waals surface area contributed by atoms with E-state index in [1.807, 2.05) is 30.3 Å². The number of hydrogen-bond acceptors (Lipinski definition) is 3. The number of benzene rings is 3. The molecule has 0 heterocycles. The van der Waals surface area contributed by atoms with Crippen molar-refractivity contribution in [2.45, 2.75) is 13.5 Å². The highest BCUT2D eigenvalue weighted by Gasteiger charge is 2.04. The van der Waals surface area contributed by atoms with Gasteiger partial charge in [-0.25, -0.2) is 4.79 Å². The first-order valence-corrected chi connectivity index (χ1v) is 8.81. The average Bonchev–Trinajstić information content (AvgIpc) is 2.69. The van der Waals surface area contributed by atoms with Crippen molar-refractivity contribution in [1.82, 2.24) is 0 Å². The first-order valence-electron chi connectivity index (χ1n) is 8.81. The Hall–Kier alpha value is -3.80. The zero-order valence-corrected chi connectivity index (χ0v) is 15.4. The van der Waals surface area contributed by atoms with E-state index in [4.69, 9.17) is 4.74 Å². The summed E-state index contributed by atoms with van der Waals surface area (Å²) >= 11 is 0. The van der Waals surface area contributed by atoms with Crippen molar-refractivity contribution in [2.24, 2.45) is 0 Å². The number of amides is 3. The number of hydrogen-bond donors (Lipinski definition) is 3. The molecule has 6 nitrogen and oxygen atoms in total. The highest BCUT2D eigenvalue weighted by molar-refractivity contribution is 6.00. The summed E-state index contributed by atoms with van der Waals surface area (Å²) in [5.41, 5.74) is 3.03. The highest BCUT2D eigenvalue weighted by atomic mass is 16.5. The molecule has 28 heavy (non-hydrogen) atoms. The van der Waals surface area contributed by atoms with E-state index < -0.39 is 0 Å². The summed E-state index contributed by atoms with van der Waals surface area (Å²) < 4.78 is 5.73. The Bertz CT molecular complexity index is 924. The van der Waals surface area contributed by atoms with Gasteiger partial charge in [-0.1, -0.05) is 30.3 Å². The van der Waals surface area contributed by atoms with E-state index in [-0.39, 0.29) is 11.9 Å². The molecule has 0 saturated heterocycles. The summed E-state index contributed by atoms with van der Waals surface area (Å²) in [5, 5.41) is 8.17. The number of ether oxygens (including phenoxy) is 1. The summed E-state index contributed by atoms with van der Waals surface area (Å²) in [6.07, 6.45) is 0. The molecule has 0 aromatic heterocycles. The fourth-order valence-electron chi connectivity index (χ4n) is 2.51. The third kappa shape index (κ3) is 5.88. The van der Waals surface area contributed by atoms with Gasteiger partial charge in [0.1, 0.15) is 12.4 Å². The molecule has 0 bridgehead atoms. The maximum Gasteiger partial charge on any atom is 0.323 e. The predicted molar refractivity (Wildman–Crippen MR) is 111 cm³/mol. The smallest absolute Gasteiger partial charge is 0.323 e. The van der Waals surface area contributed by atoms with Crippen molar-refractivity contribution in [1.29, 1.82) is 0 Å². The quantitative estimate of drug-likeness (QED) is 0.575. The van der Waals surface area contributed by atoms with Crippen LogP contribution in [0.25, 0.3) is 0 Å². The van der Waals surface area contributed by atoms with E-state index >= 15 is 0 Å². The zero-order chi connectivity index (χ0) is 19.8. The highest BCUT2D eigenvalue weighted by Crippen LogP contribution is 2.18. The van der Waals surface area contributed by atoms with Crippen LogP contribution in [0.1, 0.15) is 12.5 Å². The molecule has 0 fully saturated rings. The molecule has 0 aliphatic rings. The Balaban J connectivity index is 1.49.